The first-order valence-corrected chi connectivity index (χ1v) is 8.81. The molecular weight excluding hydrogens is 266 g/mol. The van der Waals surface area contributed by atoms with Gasteiger partial charge in [0.05, 0.1) is 5.75 Å². The molecule has 0 aromatic carbocycles. The Bertz CT molecular complexity index is 382. The number of thioether (sulfide) groups is 1. The number of nitrogens with zero attached hydrogens (tertiary/aromatic N) is 2. The van der Waals surface area contributed by atoms with Crippen molar-refractivity contribution >= 4 is 11.8 Å². The van der Waals surface area contributed by atoms with Crippen molar-refractivity contribution in [2.24, 2.45) is 5.92 Å². The Morgan fingerprint density at radius 1 is 1.15 bits per heavy atom. The minimum absolute atomic E-state index is 0.720. The van der Waals surface area contributed by atoms with Crippen LogP contribution in [0, 0.1) is 19.8 Å². The van der Waals surface area contributed by atoms with Crippen molar-refractivity contribution < 1.29 is 0 Å². The zero-order chi connectivity index (χ0) is 15.0. The molecule has 1 aromatic rings. The highest BCUT2D eigenvalue weighted by molar-refractivity contribution is 7.98. The molecule has 0 fully saturated rings. The smallest absolute Gasteiger partial charge is 0.138 e. The number of aryl methyl sites for hydroxylation is 2. The molecule has 0 saturated heterocycles. The van der Waals surface area contributed by atoms with Gasteiger partial charge in [0.2, 0.25) is 0 Å². The molecule has 3 nitrogen and oxygen atoms in total. The van der Waals surface area contributed by atoms with E-state index in [2.05, 4.69) is 49.9 Å². The Labute approximate surface area is 128 Å². The SMILES string of the molecule is CCSCc1nc(C)c(CCCNCC(C)C)c(C)n1. The van der Waals surface area contributed by atoms with Crippen molar-refractivity contribution in [3.63, 3.8) is 0 Å². The third-order valence-corrected chi connectivity index (χ3v) is 4.11. The first kappa shape index (κ1) is 17.4. The second kappa shape index (κ2) is 9.35. The molecule has 0 aliphatic carbocycles. The number of aromatic nitrogens is 2. The molecule has 0 aliphatic rings. The van der Waals surface area contributed by atoms with Crippen LogP contribution in [0.1, 0.15) is 50.0 Å². The molecule has 1 heterocycles. The summed E-state index contributed by atoms with van der Waals surface area (Å²) < 4.78 is 0. The van der Waals surface area contributed by atoms with Crippen LogP contribution in [-0.2, 0) is 12.2 Å². The molecule has 0 radical (unpaired) electrons. The van der Waals surface area contributed by atoms with E-state index in [0.29, 0.717) is 0 Å². The van der Waals surface area contributed by atoms with Crippen molar-refractivity contribution in [2.75, 3.05) is 18.8 Å². The van der Waals surface area contributed by atoms with Gasteiger partial charge in [-0.25, -0.2) is 9.97 Å². The number of hydrogen-bond donors (Lipinski definition) is 1. The summed E-state index contributed by atoms with van der Waals surface area (Å²) in [4.78, 5) is 9.29. The van der Waals surface area contributed by atoms with Gasteiger partial charge in [0.1, 0.15) is 5.82 Å². The molecule has 4 heteroatoms. The van der Waals surface area contributed by atoms with E-state index in [-0.39, 0.29) is 0 Å². The highest BCUT2D eigenvalue weighted by Crippen LogP contribution is 2.15. The topological polar surface area (TPSA) is 37.8 Å². The van der Waals surface area contributed by atoms with Crippen LogP contribution in [-0.4, -0.2) is 28.8 Å². The quantitative estimate of drug-likeness (QED) is 0.707. The largest absolute Gasteiger partial charge is 0.316 e. The second-order valence-electron chi connectivity index (χ2n) is 5.63. The average Bonchev–Trinajstić information content (AvgIpc) is 2.38. The maximum absolute atomic E-state index is 4.65. The van der Waals surface area contributed by atoms with E-state index < -0.39 is 0 Å². The Balaban J connectivity index is 2.49. The summed E-state index contributed by atoms with van der Waals surface area (Å²) in [5.74, 6) is 3.74. The molecule has 0 amide bonds. The minimum atomic E-state index is 0.720. The molecule has 0 atom stereocenters. The van der Waals surface area contributed by atoms with Crippen LogP contribution in [0.5, 0.6) is 0 Å². The van der Waals surface area contributed by atoms with Crippen molar-refractivity contribution in [3.05, 3.63) is 22.8 Å². The molecule has 0 saturated carbocycles. The van der Waals surface area contributed by atoms with E-state index >= 15 is 0 Å². The molecule has 1 rings (SSSR count). The van der Waals surface area contributed by atoms with E-state index in [9.17, 15) is 0 Å². The third kappa shape index (κ3) is 6.23. The van der Waals surface area contributed by atoms with Crippen LogP contribution in [0.4, 0.5) is 0 Å². The Morgan fingerprint density at radius 3 is 2.35 bits per heavy atom. The van der Waals surface area contributed by atoms with Crippen molar-refractivity contribution in [1.82, 2.24) is 15.3 Å². The highest BCUT2D eigenvalue weighted by Gasteiger charge is 2.08. The van der Waals surface area contributed by atoms with Crippen LogP contribution >= 0.6 is 11.8 Å². The average molecular weight is 295 g/mol. The van der Waals surface area contributed by atoms with Crippen LogP contribution in [0.2, 0.25) is 0 Å². The van der Waals surface area contributed by atoms with Gasteiger partial charge in [0.25, 0.3) is 0 Å². The number of nitrogens with one attached hydrogen (secondary N) is 1. The highest BCUT2D eigenvalue weighted by atomic mass is 32.2. The van der Waals surface area contributed by atoms with E-state index in [0.717, 1.165) is 60.6 Å². The molecule has 0 unspecified atom stereocenters. The van der Waals surface area contributed by atoms with Crippen molar-refractivity contribution in [2.45, 2.75) is 53.2 Å². The molecule has 0 bridgehead atoms. The van der Waals surface area contributed by atoms with E-state index in [1.807, 2.05) is 11.8 Å². The van der Waals surface area contributed by atoms with Gasteiger partial charge in [-0.2, -0.15) is 11.8 Å². The summed E-state index contributed by atoms with van der Waals surface area (Å²) in [6.45, 7) is 13.1. The van der Waals surface area contributed by atoms with Gasteiger partial charge in [0.15, 0.2) is 0 Å². The summed E-state index contributed by atoms with van der Waals surface area (Å²) in [5, 5.41) is 3.49. The zero-order valence-electron chi connectivity index (χ0n) is 13.6. The Hall–Kier alpha value is -0.610. The van der Waals surface area contributed by atoms with Crippen LogP contribution < -0.4 is 5.32 Å². The molecule has 1 aromatic heterocycles. The van der Waals surface area contributed by atoms with E-state index in [1.165, 1.54) is 5.56 Å². The second-order valence-corrected chi connectivity index (χ2v) is 6.90. The monoisotopic (exact) mass is 295 g/mol. The molecule has 0 spiro atoms. The normalized spacial score (nSPS) is 11.3. The summed E-state index contributed by atoms with van der Waals surface area (Å²) in [5.41, 5.74) is 3.66. The van der Waals surface area contributed by atoms with Crippen LogP contribution in [0.3, 0.4) is 0 Å². The Morgan fingerprint density at radius 2 is 1.80 bits per heavy atom. The lowest BCUT2D eigenvalue weighted by Crippen LogP contribution is -2.21. The van der Waals surface area contributed by atoms with Gasteiger partial charge in [-0.05, 0) is 57.0 Å². The standard InChI is InChI=1S/C16H29N3S/c1-6-20-11-16-18-13(4)15(14(5)19-16)8-7-9-17-10-12(2)3/h12,17H,6-11H2,1-5H3. The molecule has 114 valence electrons. The van der Waals surface area contributed by atoms with Crippen molar-refractivity contribution in [1.29, 1.82) is 0 Å². The molecule has 20 heavy (non-hydrogen) atoms. The third-order valence-electron chi connectivity index (χ3n) is 3.24. The maximum Gasteiger partial charge on any atom is 0.138 e. The van der Waals surface area contributed by atoms with Crippen molar-refractivity contribution in [3.8, 4) is 0 Å². The molecular formula is C16H29N3S. The fourth-order valence-electron chi connectivity index (χ4n) is 2.21. The summed E-state index contributed by atoms with van der Waals surface area (Å²) >= 11 is 1.88. The number of rotatable bonds is 9. The van der Waals surface area contributed by atoms with E-state index in [4.69, 9.17) is 0 Å². The first-order chi connectivity index (χ1) is 9.54. The molecule has 1 N–H and O–H groups in total. The lowest BCUT2D eigenvalue weighted by molar-refractivity contribution is 0.542. The first-order valence-electron chi connectivity index (χ1n) is 7.66. The lowest BCUT2D eigenvalue weighted by Gasteiger charge is -2.11. The van der Waals surface area contributed by atoms with Gasteiger partial charge in [-0.15, -0.1) is 0 Å². The lowest BCUT2D eigenvalue weighted by atomic mass is 10.1. The zero-order valence-corrected chi connectivity index (χ0v) is 14.4. The van der Waals surface area contributed by atoms with E-state index in [1.54, 1.807) is 0 Å². The number of hydrogen-bond acceptors (Lipinski definition) is 4. The predicted octanol–water partition coefficient (Wildman–Crippen LogP) is 3.52. The van der Waals surface area contributed by atoms with Gasteiger partial charge < -0.3 is 5.32 Å². The molecule has 0 aliphatic heterocycles. The maximum atomic E-state index is 4.65. The van der Waals surface area contributed by atoms with Gasteiger partial charge in [0, 0.05) is 11.4 Å². The summed E-state index contributed by atoms with van der Waals surface area (Å²) in [6, 6.07) is 0. The Kier molecular flexibility index (Phi) is 8.15. The fourth-order valence-corrected chi connectivity index (χ4v) is 2.73. The van der Waals surface area contributed by atoms with Gasteiger partial charge >= 0.3 is 0 Å². The van der Waals surface area contributed by atoms with Crippen LogP contribution in [0.15, 0.2) is 0 Å². The fraction of sp³-hybridized carbons (Fsp3) is 0.750. The minimum Gasteiger partial charge on any atom is -0.316 e. The van der Waals surface area contributed by atoms with Gasteiger partial charge in [-0.1, -0.05) is 20.8 Å². The predicted molar refractivity (Wildman–Crippen MR) is 89.4 cm³/mol. The van der Waals surface area contributed by atoms with Crippen LogP contribution in [0.25, 0.3) is 0 Å². The summed E-state index contributed by atoms with van der Waals surface area (Å²) in [6.07, 6.45) is 2.23. The summed E-state index contributed by atoms with van der Waals surface area (Å²) in [7, 11) is 0. The van der Waals surface area contributed by atoms with Gasteiger partial charge in [-0.3, -0.25) is 0 Å².